The molecule has 21 heavy (non-hydrogen) atoms. The van der Waals surface area contributed by atoms with Crippen molar-refractivity contribution < 1.29 is 13.9 Å². The van der Waals surface area contributed by atoms with Crippen LogP contribution in [0, 0.1) is 12.7 Å². The Hall–Kier alpha value is -1.88. The number of carbonyl (C=O) groups is 1. The van der Waals surface area contributed by atoms with Crippen molar-refractivity contribution in [3.63, 3.8) is 0 Å². The third kappa shape index (κ3) is 3.82. The summed E-state index contributed by atoms with van der Waals surface area (Å²) in [6.07, 6.45) is 0. The SMILES string of the molecule is COc1ccc(F)cc1C(=O)NCc1ccc(Br)cc1C. The molecule has 0 saturated heterocycles. The van der Waals surface area contributed by atoms with Crippen molar-refractivity contribution in [1.29, 1.82) is 0 Å². The number of amides is 1. The monoisotopic (exact) mass is 351 g/mol. The molecule has 0 bridgehead atoms. The van der Waals surface area contributed by atoms with Gasteiger partial charge in [0, 0.05) is 11.0 Å². The molecule has 0 radical (unpaired) electrons. The quantitative estimate of drug-likeness (QED) is 0.908. The first-order valence-electron chi connectivity index (χ1n) is 6.38. The molecule has 0 unspecified atom stereocenters. The first-order valence-corrected chi connectivity index (χ1v) is 7.17. The molecule has 0 aliphatic rings. The van der Waals surface area contributed by atoms with Crippen LogP contribution in [0.4, 0.5) is 4.39 Å². The van der Waals surface area contributed by atoms with E-state index in [0.717, 1.165) is 15.6 Å². The van der Waals surface area contributed by atoms with Crippen molar-refractivity contribution >= 4 is 21.8 Å². The molecule has 1 N–H and O–H groups in total. The Morgan fingerprint density at radius 2 is 2.05 bits per heavy atom. The Morgan fingerprint density at radius 3 is 2.71 bits per heavy atom. The largest absolute Gasteiger partial charge is 0.496 e. The van der Waals surface area contributed by atoms with Crippen LogP contribution in [0.15, 0.2) is 40.9 Å². The second kappa shape index (κ2) is 6.72. The predicted molar refractivity (Wildman–Crippen MR) is 83.0 cm³/mol. The van der Waals surface area contributed by atoms with E-state index in [-0.39, 0.29) is 11.5 Å². The third-order valence-corrected chi connectivity index (χ3v) is 3.64. The Kier molecular flexibility index (Phi) is 4.96. The van der Waals surface area contributed by atoms with Crippen LogP contribution in [0.3, 0.4) is 0 Å². The number of ether oxygens (including phenoxy) is 1. The van der Waals surface area contributed by atoms with Gasteiger partial charge in [-0.05, 0) is 48.4 Å². The fourth-order valence-corrected chi connectivity index (χ4v) is 2.46. The van der Waals surface area contributed by atoms with Gasteiger partial charge in [-0.25, -0.2) is 4.39 Å². The maximum atomic E-state index is 13.3. The minimum absolute atomic E-state index is 0.187. The molecular weight excluding hydrogens is 337 g/mol. The number of benzene rings is 2. The highest BCUT2D eigenvalue weighted by atomic mass is 79.9. The summed E-state index contributed by atoms with van der Waals surface area (Å²) in [7, 11) is 1.45. The molecule has 0 aliphatic carbocycles. The number of nitrogens with one attached hydrogen (secondary N) is 1. The topological polar surface area (TPSA) is 38.3 Å². The Labute approximate surface area is 131 Å². The van der Waals surface area contributed by atoms with E-state index >= 15 is 0 Å². The van der Waals surface area contributed by atoms with Crippen LogP contribution in [0.25, 0.3) is 0 Å². The summed E-state index contributed by atoms with van der Waals surface area (Å²) in [5.74, 6) is -0.490. The van der Waals surface area contributed by atoms with E-state index in [1.54, 1.807) is 0 Å². The van der Waals surface area contributed by atoms with Crippen LogP contribution < -0.4 is 10.1 Å². The van der Waals surface area contributed by atoms with Gasteiger partial charge in [0.2, 0.25) is 0 Å². The number of hydrogen-bond acceptors (Lipinski definition) is 2. The standard InChI is InChI=1S/C16H15BrFNO2/c1-10-7-12(17)4-3-11(10)9-19-16(20)14-8-13(18)5-6-15(14)21-2/h3-8H,9H2,1-2H3,(H,19,20). The molecule has 2 aromatic carbocycles. The van der Waals surface area contributed by atoms with Gasteiger partial charge in [0.1, 0.15) is 11.6 Å². The lowest BCUT2D eigenvalue weighted by Gasteiger charge is -2.11. The molecule has 0 aliphatic heterocycles. The average Bonchev–Trinajstić information content (AvgIpc) is 2.46. The van der Waals surface area contributed by atoms with Crippen molar-refractivity contribution in [3.8, 4) is 5.75 Å². The molecule has 2 rings (SSSR count). The van der Waals surface area contributed by atoms with Gasteiger partial charge in [-0.2, -0.15) is 0 Å². The highest BCUT2D eigenvalue weighted by Crippen LogP contribution is 2.20. The Bertz CT molecular complexity index is 673. The lowest BCUT2D eigenvalue weighted by atomic mass is 10.1. The van der Waals surface area contributed by atoms with Crippen molar-refractivity contribution in [2.24, 2.45) is 0 Å². The molecule has 5 heteroatoms. The van der Waals surface area contributed by atoms with E-state index in [9.17, 15) is 9.18 Å². The molecule has 0 atom stereocenters. The van der Waals surface area contributed by atoms with E-state index in [0.29, 0.717) is 12.3 Å². The first kappa shape index (κ1) is 15.5. The summed E-state index contributed by atoms with van der Waals surface area (Å²) < 4.78 is 19.3. The average molecular weight is 352 g/mol. The highest BCUT2D eigenvalue weighted by molar-refractivity contribution is 9.10. The van der Waals surface area contributed by atoms with Gasteiger partial charge in [-0.3, -0.25) is 4.79 Å². The molecule has 110 valence electrons. The van der Waals surface area contributed by atoms with Gasteiger partial charge < -0.3 is 10.1 Å². The van der Waals surface area contributed by atoms with Crippen molar-refractivity contribution in [3.05, 3.63) is 63.4 Å². The van der Waals surface area contributed by atoms with Crippen LogP contribution in [0.5, 0.6) is 5.75 Å². The van der Waals surface area contributed by atoms with Crippen LogP contribution in [-0.4, -0.2) is 13.0 Å². The van der Waals surface area contributed by atoms with E-state index < -0.39 is 5.82 Å². The second-order valence-electron chi connectivity index (χ2n) is 4.60. The summed E-state index contributed by atoms with van der Waals surface area (Å²) in [5, 5.41) is 2.78. The lowest BCUT2D eigenvalue weighted by molar-refractivity contribution is 0.0947. The molecule has 0 spiro atoms. The molecule has 2 aromatic rings. The summed E-state index contributed by atoms with van der Waals surface area (Å²) in [5.41, 5.74) is 2.25. The van der Waals surface area contributed by atoms with Crippen LogP contribution in [-0.2, 0) is 6.54 Å². The smallest absolute Gasteiger partial charge is 0.255 e. The van der Waals surface area contributed by atoms with Gasteiger partial charge in [0.25, 0.3) is 5.91 Å². The summed E-state index contributed by atoms with van der Waals surface area (Å²) in [6, 6.07) is 9.69. The third-order valence-electron chi connectivity index (χ3n) is 3.15. The lowest BCUT2D eigenvalue weighted by Crippen LogP contribution is -2.23. The zero-order valence-electron chi connectivity index (χ0n) is 11.7. The fourth-order valence-electron chi connectivity index (χ4n) is 1.99. The fraction of sp³-hybridized carbons (Fsp3) is 0.188. The zero-order valence-corrected chi connectivity index (χ0v) is 13.3. The van der Waals surface area contributed by atoms with E-state index in [1.165, 1.54) is 25.3 Å². The van der Waals surface area contributed by atoms with Gasteiger partial charge in [-0.1, -0.05) is 22.0 Å². The van der Waals surface area contributed by atoms with Gasteiger partial charge in [-0.15, -0.1) is 0 Å². The highest BCUT2D eigenvalue weighted by Gasteiger charge is 2.13. The van der Waals surface area contributed by atoms with Crippen LogP contribution >= 0.6 is 15.9 Å². The molecule has 1 amide bonds. The summed E-state index contributed by atoms with van der Waals surface area (Å²) in [6.45, 7) is 2.34. The van der Waals surface area contributed by atoms with Crippen LogP contribution in [0.2, 0.25) is 0 Å². The zero-order chi connectivity index (χ0) is 15.4. The molecule has 0 heterocycles. The number of halogens is 2. The van der Waals surface area contributed by atoms with Crippen molar-refractivity contribution in [2.75, 3.05) is 7.11 Å². The number of hydrogen-bond donors (Lipinski definition) is 1. The van der Waals surface area contributed by atoms with Gasteiger partial charge >= 0.3 is 0 Å². The number of aryl methyl sites for hydroxylation is 1. The molecule has 0 aromatic heterocycles. The first-order chi connectivity index (χ1) is 10.0. The number of methoxy groups -OCH3 is 1. The minimum Gasteiger partial charge on any atom is -0.496 e. The molecular formula is C16H15BrFNO2. The predicted octanol–water partition coefficient (Wildman–Crippen LogP) is 3.84. The van der Waals surface area contributed by atoms with Crippen molar-refractivity contribution in [1.82, 2.24) is 5.32 Å². The normalized spacial score (nSPS) is 10.3. The molecule has 0 saturated carbocycles. The van der Waals surface area contributed by atoms with E-state index in [1.807, 2.05) is 25.1 Å². The Morgan fingerprint density at radius 1 is 1.29 bits per heavy atom. The van der Waals surface area contributed by atoms with Gasteiger partial charge in [0.05, 0.1) is 12.7 Å². The second-order valence-corrected chi connectivity index (χ2v) is 5.51. The number of carbonyl (C=O) groups excluding carboxylic acids is 1. The maximum absolute atomic E-state index is 13.3. The number of rotatable bonds is 4. The van der Waals surface area contributed by atoms with Gasteiger partial charge in [0.15, 0.2) is 0 Å². The summed E-state index contributed by atoms with van der Waals surface area (Å²) >= 11 is 3.39. The maximum Gasteiger partial charge on any atom is 0.255 e. The van der Waals surface area contributed by atoms with E-state index in [2.05, 4.69) is 21.2 Å². The molecule has 3 nitrogen and oxygen atoms in total. The Balaban J connectivity index is 2.13. The summed E-state index contributed by atoms with van der Waals surface area (Å²) in [4.78, 5) is 12.2. The van der Waals surface area contributed by atoms with E-state index in [4.69, 9.17) is 4.74 Å². The van der Waals surface area contributed by atoms with Crippen LogP contribution in [0.1, 0.15) is 21.5 Å². The molecule has 0 fully saturated rings. The minimum atomic E-state index is -0.472. The van der Waals surface area contributed by atoms with Crippen molar-refractivity contribution in [2.45, 2.75) is 13.5 Å².